The molecule has 1 aromatic heterocycles. The first-order chi connectivity index (χ1) is 18.0. The van der Waals surface area contributed by atoms with Crippen LogP contribution in [0.5, 0.6) is 5.75 Å². The van der Waals surface area contributed by atoms with Gasteiger partial charge < -0.3 is 4.74 Å². The highest BCUT2D eigenvalue weighted by molar-refractivity contribution is 8.26. The molecule has 37 heavy (non-hydrogen) atoms. The van der Waals surface area contributed by atoms with E-state index in [2.05, 4.69) is 13.8 Å². The summed E-state index contributed by atoms with van der Waals surface area (Å²) in [7, 11) is 0. The van der Waals surface area contributed by atoms with Crippen LogP contribution in [0.15, 0.2) is 96.0 Å². The molecule has 7 heteroatoms. The summed E-state index contributed by atoms with van der Waals surface area (Å²) in [5.41, 5.74) is 4.55. The zero-order chi connectivity index (χ0) is 25.8. The van der Waals surface area contributed by atoms with E-state index >= 15 is 0 Å². The second-order valence-electron chi connectivity index (χ2n) is 9.20. The lowest BCUT2D eigenvalue weighted by Gasteiger charge is -2.16. The predicted molar refractivity (Wildman–Crippen MR) is 154 cm³/mol. The summed E-state index contributed by atoms with van der Waals surface area (Å²) in [5, 5.41) is 4.91. The van der Waals surface area contributed by atoms with Gasteiger partial charge in [0.2, 0.25) is 0 Å². The van der Waals surface area contributed by atoms with Crippen molar-refractivity contribution in [1.82, 2.24) is 14.7 Å². The maximum absolute atomic E-state index is 13.2. The van der Waals surface area contributed by atoms with Gasteiger partial charge in [-0.05, 0) is 41.8 Å². The average molecular weight is 526 g/mol. The minimum atomic E-state index is -0.0537. The number of thioether (sulfide) groups is 1. The zero-order valence-electron chi connectivity index (χ0n) is 20.7. The van der Waals surface area contributed by atoms with Gasteiger partial charge in [0.25, 0.3) is 5.91 Å². The molecular formula is C30H27N3O2S2. The monoisotopic (exact) mass is 525 g/mol. The third-order valence-corrected chi connectivity index (χ3v) is 7.20. The van der Waals surface area contributed by atoms with Crippen molar-refractivity contribution in [1.29, 1.82) is 0 Å². The van der Waals surface area contributed by atoms with Gasteiger partial charge in [-0.25, -0.2) is 4.68 Å². The van der Waals surface area contributed by atoms with E-state index in [1.807, 2.05) is 102 Å². The Hall–Kier alpha value is -3.68. The van der Waals surface area contributed by atoms with E-state index in [1.165, 1.54) is 11.8 Å². The largest absolute Gasteiger partial charge is 0.489 e. The molecule has 1 aliphatic heterocycles. The number of benzene rings is 3. The first-order valence-corrected chi connectivity index (χ1v) is 13.4. The Labute approximate surface area is 226 Å². The van der Waals surface area contributed by atoms with Crippen LogP contribution < -0.4 is 4.74 Å². The van der Waals surface area contributed by atoms with E-state index in [-0.39, 0.29) is 5.91 Å². The van der Waals surface area contributed by atoms with Crippen molar-refractivity contribution in [3.05, 3.63) is 107 Å². The molecule has 2 heterocycles. The fraction of sp³-hybridized carbons (Fsp3) is 0.167. The van der Waals surface area contributed by atoms with Gasteiger partial charge in [0, 0.05) is 23.9 Å². The molecule has 0 saturated carbocycles. The van der Waals surface area contributed by atoms with Gasteiger partial charge in [-0.3, -0.25) is 9.69 Å². The molecule has 0 spiro atoms. The number of hydrogen-bond acceptors (Lipinski definition) is 5. The third kappa shape index (κ3) is 5.84. The first-order valence-electron chi connectivity index (χ1n) is 12.2. The fourth-order valence-corrected chi connectivity index (χ4v) is 5.33. The molecule has 4 aromatic rings. The number of rotatable bonds is 8. The first kappa shape index (κ1) is 25.0. The van der Waals surface area contributed by atoms with Gasteiger partial charge in [-0.1, -0.05) is 98.5 Å². The third-order valence-electron chi connectivity index (χ3n) is 5.83. The summed E-state index contributed by atoms with van der Waals surface area (Å²) in [6.45, 7) is 5.25. The molecule has 1 aliphatic rings. The van der Waals surface area contributed by atoms with E-state index in [4.69, 9.17) is 22.1 Å². The maximum atomic E-state index is 13.2. The van der Waals surface area contributed by atoms with Crippen LogP contribution in [0.1, 0.15) is 25.0 Å². The summed E-state index contributed by atoms with van der Waals surface area (Å²) in [6, 6.07) is 27.9. The quantitative estimate of drug-likeness (QED) is 0.184. The summed E-state index contributed by atoms with van der Waals surface area (Å²) in [6.07, 6.45) is 3.86. The van der Waals surface area contributed by atoms with Crippen molar-refractivity contribution in [3.63, 3.8) is 0 Å². The summed E-state index contributed by atoms with van der Waals surface area (Å²) >= 11 is 6.86. The predicted octanol–water partition coefficient (Wildman–Crippen LogP) is 6.98. The second-order valence-corrected chi connectivity index (χ2v) is 10.9. The van der Waals surface area contributed by atoms with Crippen LogP contribution in [-0.2, 0) is 11.4 Å². The van der Waals surface area contributed by atoms with Crippen molar-refractivity contribution in [3.8, 4) is 22.7 Å². The number of hydrogen-bond donors (Lipinski definition) is 0. The minimum absolute atomic E-state index is 0.0537. The number of ether oxygens (including phenoxy) is 1. The SMILES string of the molecule is CC(C)CN1C(=O)/C(=C/c2cn(-c3ccccc3)nc2-c2cccc(OCc3ccccc3)c2)SC1=S. The van der Waals surface area contributed by atoms with Crippen molar-refractivity contribution in [2.75, 3.05) is 6.54 Å². The second kappa shape index (κ2) is 11.2. The Bertz CT molecular complexity index is 1450. The van der Waals surface area contributed by atoms with Crippen LogP contribution in [0.2, 0.25) is 0 Å². The highest BCUT2D eigenvalue weighted by Crippen LogP contribution is 2.35. The van der Waals surface area contributed by atoms with Crippen molar-refractivity contribution >= 4 is 40.3 Å². The molecule has 5 nitrogen and oxygen atoms in total. The number of amides is 1. The number of carbonyl (C=O) groups is 1. The lowest BCUT2D eigenvalue weighted by atomic mass is 10.1. The lowest BCUT2D eigenvalue weighted by molar-refractivity contribution is -0.122. The number of para-hydroxylation sites is 1. The average Bonchev–Trinajstić information content (AvgIpc) is 3.45. The Kier molecular flexibility index (Phi) is 7.53. The molecule has 0 atom stereocenters. The van der Waals surface area contributed by atoms with Crippen LogP contribution >= 0.6 is 24.0 Å². The normalized spacial score (nSPS) is 14.7. The Balaban J connectivity index is 1.50. The molecule has 0 unspecified atom stereocenters. The van der Waals surface area contributed by atoms with Gasteiger partial charge >= 0.3 is 0 Å². The topological polar surface area (TPSA) is 47.4 Å². The minimum Gasteiger partial charge on any atom is -0.489 e. The number of nitrogens with zero attached hydrogens (tertiary/aromatic N) is 3. The molecule has 1 amide bonds. The Morgan fingerprint density at radius 3 is 2.46 bits per heavy atom. The zero-order valence-corrected chi connectivity index (χ0v) is 22.3. The van der Waals surface area contributed by atoms with Crippen LogP contribution in [0.25, 0.3) is 23.0 Å². The molecule has 0 radical (unpaired) electrons. The molecule has 0 aliphatic carbocycles. The summed E-state index contributed by atoms with van der Waals surface area (Å²) in [4.78, 5) is 15.5. The van der Waals surface area contributed by atoms with E-state index in [9.17, 15) is 4.79 Å². The molecule has 0 N–H and O–H groups in total. The van der Waals surface area contributed by atoms with E-state index in [1.54, 1.807) is 4.90 Å². The maximum Gasteiger partial charge on any atom is 0.266 e. The molecule has 186 valence electrons. The van der Waals surface area contributed by atoms with E-state index < -0.39 is 0 Å². The van der Waals surface area contributed by atoms with Crippen LogP contribution in [-0.4, -0.2) is 31.5 Å². The van der Waals surface area contributed by atoms with Gasteiger partial charge in [-0.15, -0.1) is 0 Å². The summed E-state index contributed by atoms with van der Waals surface area (Å²) < 4.78 is 8.51. The van der Waals surface area contributed by atoms with Gasteiger partial charge in [-0.2, -0.15) is 5.10 Å². The van der Waals surface area contributed by atoms with Crippen LogP contribution in [0, 0.1) is 5.92 Å². The van der Waals surface area contributed by atoms with Crippen molar-refractivity contribution < 1.29 is 9.53 Å². The fourth-order valence-electron chi connectivity index (χ4n) is 4.07. The van der Waals surface area contributed by atoms with Crippen molar-refractivity contribution in [2.45, 2.75) is 20.5 Å². The van der Waals surface area contributed by atoms with E-state index in [0.29, 0.717) is 28.3 Å². The van der Waals surface area contributed by atoms with Crippen LogP contribution in [0.4, 0.5) is 0 Å². The lowest BCUT2D eigenvalue weighted by Crippen LogP contribution is -2.31. The molecule has 1 saturated heterocycles. The highest BCUT2D eigenvalue weighted by Gasteiger charge is 2.32. The molecule has 3 aromatic carbocycles. The number of thiocarbonyl (C=S) groups is 1. The van der Waals surface area contributed by atoms with Gasteiger partial charge in [0.1, 0.15) is 22.4 Å². The van der Waals surface area contributed by atoms with Crippen molar-refractivity contribution in [2.24, 2.45) is 5.92 Å². The Morgan fingerprint density at radius 2 is 1.73 bits per heavy atom. The summed E-state index contributed by atoms with van der Waals surface area (Å²) in [5.74, 6) is 1.03. The van der Waals surface area contributed by atoms with Crippen LogP contribution in [0.3, 0.4) is 0 Å². The number of carbonyl (C=O) groups excluding carboxylic acids is 1. The van der Waals surface area contributed by atoms with Gasteiger partial charge in [0.15, 0.2) is 0 Å². The molecule has 5 rings (SSSR count). The molecule has 1 fully saturated rings. The molecular weight excluding hydrogens is 498 g/mol. The molecule has 0 bridgehead atoms. The Morgan fingerprint density at radius 1 is 1.00 bits per heavy atom. The standard InChI is InChI=1S/C30H27N3O2S2/c1-21(2)18-32-29(34)27(37-30(32)36)17-24-19-33(25-13-7-4-8-14-25)31-28(24)23-12-9-15-26(16-23)35-20-22-10-5-3-6-11-22/h3-17,19,21H,18,20H2,1-2H3/b27-17-. The number of aromatic nitrogens is 2. The van der Waals surface area contributed by atoms with Gasteiger partial charge in [0.05, 0.1) is 10.6 Å². The smallest absolute Gasteiger partial charge is 0.266 e. The van der Waals surface area contributed by atoms with E-state index in [0.717, 1.165) is 33.8 Å². The highest BCUT2D eigenvalue weighted by atomic mass is 32.2.